The average molecular weight is 759 g/mol. The van der Waals surface area contributed by atoms with Crippen molar-refractivity contribution in [3.63, 3.8) is 0 Å². The Kier molecular flexibility index (Phi) is 13.3. The van der Waals surface area contributed by atoms with Crippen LogP contribution in [0.15, 0.2) is 138 Å². The quantitative estimate of drug-likeness (QED) is 0.0771. The molecule has 1 fully saturated rings. The van der Waals surface area contributed by atoms with Gasteiger partial charge in [0.15, 0.2) is 0 Å². The molecule has 0 aliphatic carbocycles. The van der Waals surface area contributed by atoms with Crippen LogP contribution in [0, 0.1) is 11.3 Å². The van der Waals surface area contributed by atoms with Crippen LogP contribution in [0.2, 0.25) is 0 Å². The number of anilines is 1. The van der Waals surface area contributed by atoms with Crippen LogP contribution in [0.25, 0.3) is 0 Å². The molecule has 0 spiro atoms. The van der Waals surface area contributed by atoms with E-state index in [1.165, 1.54) is 4.57 Å². The van der Waals surface area contributed by atoms with Crippen molar-refractivity contribution in [1.82, 2.24) is 19.5 Å². The van der Waals surface area contributed by atoms with Crippen LogP contribution in [0.3, 0.4) is 0 Å². The van der Waals surface area contributed by atoms with Crippen molar-refractivity contribution in [1.29, 1.82) is 5.26 Å². The Morgan fingerprint density at radius 3 is 1.89 bits per heavy atom. The number of aromatic nitrogens is 2. The lowest BCUT2D eigenvalue weighted by Gasteiger charge is -2.40. The van der Waals surface area contributed by atoms with E-state index in [1.807, 2.05) is 60.7 Å². The summed E-state index contributed by atoms with van der Waals surface area (Å²) in [6, 6.07) is 43.1. The Labute approximate surface area is 323 Å². The summed E-state index contributed by atoms with van der Waals surface area (Å²) in [6.07, 6.45) is 0.695. The van der Waals surface area contributed by atoms with Crippen molar-refractivity contribution in [2.24, 2.45) is 0 Å². The number of nitriles is 1. The molecule has 1 unspecified atom stereocenters. The van der Waals surface area contributed by atoms with E-state index >= 15 is 0 Å². The van der Waals surface area contributed by atoms with Gasteiger partial charge in [0, 0.05) is 36.3 Å². The van der Waals surface area contributed by atoms with Gasteiger partial charge in [-0.15, -0.1) is 0 Å². The van der Waals surface area contributed by atoms with Gasteiger partial charge in [-0.2, -0.15) is 10.2 Å². The summed E-state index contributed by atoms with van der Waals surface area (Å²) in [4.78, 5) is 30.7. The fourth-order valence-electron chi connectivity index (χ4n) is 7.14. The third kappa shape index (κ3) is 9.26. The van der Waals surface area contributed by atoms with Crippen molar-refractivity contribution in [2.75, 3.05) is 18.5 Å². The number of ether oxygens (including phenoxy) is 1. The molecule has 1 aliphatic heterocycles. The summed E-state index contributed by atoms with van der Waals surface area (Å²) in [7, 11) is -1.63. The largest absolute Gasteiger partial charge is 0.351 e. The lowest BCUT2D eigenvalue weighted by atomic mass is 9.76. The summed E-state index contributed by atoms with van der Waals surface area (Å²) in [5.74, 6) is -0.225. The highest BCUT2D eigenvalue weighted by atomic mass is 31.2. The molecule has 0 radical (unpaired) electrons. The number of carbonyl (C=O) groups excluding carboxylic acids is 1. The maximum Gasteiger partial charge on any atom is 0.351 e. The average Bonchev–Trinajstić information content (AvgIpc) is 3.60. The molecule has 0 bridgehead atoms. The second-order valence-electron chi connectivity index (χ2n) is 13.8. The standard InChI is InChI=1S/C43H47N6O5P/c1-31(2)49(32(3)4)55(52-28-26-44)53-30-38-37(29-40(54-38)48-27-25-39(46-42(48)51)45-41(50)33-17-9-5-10-18-33)47-43(34-19-11-6-12-20-34,35-21-13-7-14-22-35)36-23-15-8-16-24-36/h5-25,27,31-32,37-38,40,47H,28-30H2,1-4H3,(H,45,46,50,51)/t37-,38-,40-,55?/m1/s1. The molecule has 12 heteroatoms. The van der Waals surface area contributed by atoms with Gasteiger partial charge in [-0.1, -0.05) is 109 Å². The number of carbonyl (C=O) groups is 1. The first-order valence-electron chi connectivity index (χ1n) is 18.5. The first-order valence-corrected chi connectivity index (χ1v) is 19.6. The number of hydrogen-bond donors (Lipinski definition) is 2. The highest BCUT2D eigenvalue weighted by Gasteiger charge is 2.45. The lowest BCUT2D eigenvalue weighted by Crippen LogP contribution is -2.53. The Hall–Kier alpha value is -5.05. The lowest BCUT2D eigenvalue weighted by molar-refractivity contribution is -0.0275. The number of rotatable bonds is 16. The van der Waals surface area contributed by atoms with Gasteiger partial charge in [-0.3, -0.25) is 14.7 Å². The van der Waals surface area contributed by atoms with Crippen LogP contribution in [-0.4, -0.2) is 57.6 Å². The molecule has 2 N–H and O–H groups in total. The SMILES string of the molecule is CC(C)N(C(C)C)P(OCC#N)OC[C@H]1O[C@@H](n2ccc(NC(=O)c3ccccc3)nc2=O)C[C@H]1NC(c1ccccc1)(c1ccccc1)c1ccccc1. The molecule has 6 rings (SSSR count). The van der Waals surface area contributed by atoms with Crippen LogP contribution in [0.1, 0.15) is 67.4 Å². The first kappa shape index (κ1) is 39.6. The van der Waals surface area contributed by atoms with E-state index in [-0.39, 0.29) is 43.1 Å². The third-order valence-corrected chi connectivity index (χ3v) is 11.5. The number of nitrogens with zero attached hydrogens (tertiary/aromatic N) is 4. The Bertz CT molecular complexity index is 1970. The van der Waals surface area contributed by atoms with Crippen LogP contribution >= 0.6 is 8.53 Å². The third-order valence-electron chi connectivity index (χ3n) is 9.51. The molecule has 4 atom stereocenters. The van der Waals surface area contributed by atoms with Gasteiger partial charge in [-0.25, -0.2) is 9.46 Å². The zero-order chi connectivity index (χ0) is 38.8. The second kappa shape index (κ2) is 18.5. The summed E-state index contributed by atoms with van der Waals surface area (Å²) >= 11 is 0. The molecule has 1 aromatic heterocycles. The maximum absolute atomic E-state index is 13.6. The van der Waals surface area contributed by atoms with Crippen molar-refractivity contribution in [3.8, 4) is 6.07 Å². The molecule has 11 nitrogen and oxygen atoms in total. The molecule has 1 amide bonds. The zero-order valence-electron chi connectivity index (χ0n) is 31.5. The molecule has 5 aromatic rings. The Balaban J connectivity index is 1.38. The summed E-state index contributed by atoms with van der Waals surface area (Å²) in [5.41, 5.74) is 2.14. The molecule has 4 aromatic carbocycles. The Morgan fingerprint density at radius 1 is 0.873 bits per heavy atom. The highest BCUT2D eigenvalue weighted by Crippen LogP contribution is 2.47. The van der Waals surface area contributed by atoms with E-state index in [2.05, 4.69) is 90.5 Å². The molecule has 1 aliphatic rings. The molecular formula is C43H47N6O5P. The zero-order valence-corrected chi connectivity index (χ0v) is 32.4. The number of amides is 1. The normalized spacial score (nSPS) is 17.7. The summed E-state index contributed by atoms with van der Waals surface area (Å²) in [5, 5.41) is 16.2. The number of hydrogen-bond acceptors (Lipinski definition) is 9. The van der Waals surface area contributed by atoms with Crippen molar-refractivity contribution >= 4 is 20.3 Å². The van der Waals surface area contributed by atoms with Crippen LogP contribution in [-0.2, 0) is 19.3 Å². The fourth-order valence-corrected chi connectivity index (χ4v) is 8.68. The molecule has 284 valence electrons. The predicted octanol–water partition coefficient (Wildman–Crippen LogP) is 7.64. The maximum atomic E-state index is 13.6. The predicted molar refractivity (Wildman–Crippen MR) is 214 cm³/mol. The summed E-state index contributed by atoms with van der Waals surface area (Å²) in [6.45, 7) is 8.27. The number of nitrogens with one attached hydrogen (secondary N) is 2. The first-order chi connectivity index (χ1) is 26.7. The molecule has 55 heavy (non-hydrogen) atoms. The second-order valence-corrected chi connectivity index (χ2v) is 15.3. The van der Waals surface area contributed by atoms with Gasteiger partial charge in [0.2, 0.25) is 0 Å². The summed E-state index contributed by atoms with van der Waals surface area (Å²) < 4.78 is 23.0. The minimum Gasteiger partial charge on any atom is -0.351 e. The van der Waals surface area contributed by atoms with Gasteiger partial charge >= 0.3 is 5.69 Å². The van der Waals surface area contributed by atoms with E-state index in [0.717, 1.165) is 16.7 Å². The van der Waals surface area contributed by atoms with Gasteiger partial charge in [0.25, 0.3) is 14.4 Å². The number of benzene rings is 4. The fraction of sp³-hybridized carbons (Fsp3) is 0.302. The van der Waals surface area contributed by atoms with Crippen LogP contribution < -0.4 is 16.3 Å². The van der Waals surface area contributed by atoms with E-state index in [4.69, 9.17) is 13.8 Å². The van der Waals surface area contributed by atoms with Crippen LogP contribution in [0.5, 0.6) is 0 Å². The molecular weight excluding hydrogens is 711 g/mol. The molecule has 1 saturated heterocycles. The minimum absolute atomic E-state index is 0.0865. The van der Waals surface area contributed by atoms with Crippen molar-refractivity contribution in [2.45, 2.75) is 70.1 Å². The van der Waals surface area contributed by atoms with E-state index in [1.54, 1.807) is 36.5 Å². The van der Waals surface area contributed by atoms with Gasteiger partial charge < -0.3 is 19.1 Å². The minimum atomic E-state index is -1.63. The van der Waals surface area contributed by atoms with Gasteiger partial charge in [0.1, 0.15) is 18.7 Å². The monoisotopic (exact) mass is 758 g/mol. The van der Waals surface area contributed by atoms with E-state index in [9.17, 15) is 14.9 Å². The van der Waals surface area contributed by atoms with Crippen LogP contribution in [0.4, 0.5) is 5.82 Å². The molecule has 2 heterocycles. The van der Waals surface area contributed by atoms with E-state index in [0.29, 0.717) is 12.0 Å². The van der Waals surface area contributed by atoms with Gasteiger partial charge in [0.05, 0.1) is 24.3 Å². The smallest absolute Gasteiger partial charge is 0.351 e. The topological polar surface area (TPSA) is 131 Å². The van der Waals surface area contributed by atoms with E-state index < -0.39 is 32.1 Å². The van der Waals surface area contributed by atoms with Crippen molar-refractivity contribution < 1.29 is 18.6 Å². The van der Waals surface area contributed by atoms with Gasteiger partial charge in [-0.05, 0) is 62.6 Å². The highest BCUT2D eigenvalue weighted by molar-refractivity contribution is 7.44. The Morgan fingerprint density at radius 2 is 1.40 bits per heavy atom. The molecule has 0 saturated carbocycles. The van der Waals surface area contributed by atoms with Crippen molar-refractivity contribution in [3.05, 3.63) is 166 Å².